The molecule has 0 saturated carbocycles. The van der Waals surface area contributed by atoms with Crippen molar-refractivity contribution in [3.05, 3.63) is 88.4 Å². The van der Waals surface area contributed by atoms with Gasteiger partial charge < -0.3 is 26.0 Å². The fraction of sp³-hybridized carbons (Fsp3) is 0.290. The fourth-order valence-corrected chi connectivity index (χ4v) is 6.62. The highest BCUT2D eigenvalue weighted by molar-refractivity contribution is 6.21. The number of rotatable bonds is 4. The lowest BCUT2D eigenvalue weighted by atomic mass is 9.61. The molecule has 0 saturated heterocycles. The normalized spacial score (nSPS) is 22.6. The highest BCUT2D eigenvalue weighted by Gasteiger charge is 2.49. The highest BCUT2D eigenvalue weighted by atomic mass is 16.3. The standard InChI is InChI=1S/C31H32N2O5/c1-14-21(18-8-6-17(7-9-18)16(3)34)13-23(33(4)5)22-11-19-10-20-12-24(35)28(31(32)38)30(37)27(20)29(36)26(19)15(2)25(14)22/h6-9,13,19-20,27,34-36H,2-3,10-12H2,1,4-5H3,(H2,32,38). The molecule has 7 nitrogen and oxygen atoms in total. The molecule has 2 aromatic rings. The molecule has 196 valence electrons. The largest absolute Gasteiger partial charge is 0.511 e. The summed E-state index contributed by atoms with van der Waals surface area (Å²) in [4.78, 5) is 27.2. The molecule has 0 spiro atoms. The number of primary amides is 1. The molecule has 0 aliphatic heterocycles. The number of fused-ring (bicyclic) bond motifs is 3. The van der Waals surface area contributed by atoms with Gasteiger partial charge in [0, 0.05) is 37.3 Å². The number of carbonyl (C=O) groups is 2. The molecule has 3 aliphatic rings. The lowest BCUT2D eigenvalue weighted by Crippen LogP contribution is -2.42. The van der Waals surface area contributed by atoms with E-state index >= 15 is 0 Å². The summed E-state index contributed by atoms with van der Waals surface area (Å²) in [5, 5.41) is 31.6. The maximum atomic E-state index is 13.2. The van der Waals surface area contributed by atoms with Gasteiger partial charge in [-0.25, -0.2) is 0 Å². The van der Waals surface area contributed by atoms with Gasteiger partial charge in [-0.1, -0.05) is 37.4 Å². The van der Waals surface area contributed by atoms with Gasteiger partial charge in [0.05, 0.1) is 5.92 Å². The van der Waals surface area contributed by atoms with Crippen LogP contribution in [-0.4, -0.2) is 41.1 Å². The predicted molar refractivity (Wildman–Crippen MR) is 149 cm³/mol. The molecule has 0 fully saturated rings. The van der Waals surface area contributed by atoms with E-state index in [1.807, 2.05) is 45.3 Å². The summed E-state index contributed by atoms with van der Waals surface area (Å²) in [5.74, 6) is -3.29. The van der Waals surface area contributed by atoms with E-state index in [1.54, 1.807) is 0 Å². The second-order valence-corrected chi connectivity index (χ2v) is 10.7. The molecule has 5 N–H and O–H groups in total. The van der Waals surface area contributed by atoms with E-state index in [1.165, 1.54) is 0 Å². The lowest BCUT2D eigenvalue weighted by Gasteiger charge is -2.43. The number of hydrogen-bond acceptors (Lipinski definition) is 6. The van der Waals surface area contributed by atoms with Crippen molar-refractivity contribution >= 4 is 28.7 Å². The molecule has 3 atom stereocenters. The summed E-state index contributed by atoms with van der Waals surface area (Å²) >= 11 is 0. The maximum absolute atomic E-state index is 13.2. The van der Waals surface area contributed by atoms with Crippen molar-refractivity contribution in [3.63, 3.8) is 0 Å². The first-order valence-electron chi connectivity index (χ1n) is 12.6. The van der Waals surface area contributed by atoms with Crippen LogP contribution in [0.3, 0.4) is 0 Å². The Morgan fingerprint density at radius 3 is 2.37 bits per heavy atom. The molecule has 2 aromatic carbocycles. The van der Waals surface area contributed by atoms with E-state index in [-0.39, 0.29) is 35.5 Å². The van der Waals surface area contributed by atoms with E-state index in [9.17, 15) is 24.9 Å². The molecule has 38 heavy (non-hydrogen) atoms. The van der Waals surface area contributed by atoms with Gasteiger partial charge in [-0.2, -0.15) is 0 Å². The number of anilines is 1. The zero-order chi connectivity index (χ0) is 27.6. The predicted octanol–water partition coefficient (Wildman–Crippen LogP) is 5.16. The second-order valence-electron chi connectivity index (χ2n) is 10.7. The van der Waals surface area contributed by atoms with Crippen molar-refractivity contribution in [2.75, 3.05) is 19.0 Å². The second kappa shape index (κ2) is 8.94. The summed E-state index contributed by atoms with van der Waals surface area (Å²) in [5.41, 5.74) is 13.0. The molecule has 7 heteroatoms. The fourth-order valence-electron chi connectivity index (χ4n) is 6.62. The number of amides is 1. The Morgan fingerprint density at radius 2 is 1.79 bits per heavy atom. The summed E-state index contributed by atoms with van der Waals surface area (Å²) in [6.45, 7) is 10.0. The lowest BCUT2D eigenvalue weighted by molar-refractivity contribution is -0.126. The average Bonchev–Trinajstić information content (AvgIpc) is 2.83. The number of hydrogen-bond donors (Lipinski definition) is 4. The van der Waals surface area contributed by atoms with E-state index in [0.29, 0.717) is 29.6 Å². The van der Waals surface area contributed by atoms with Gasteiger partial charge in [-0.3, -0.25) is 9.59 Å². The Hall–Kier alpha value is -4.26. The van der Waals surface area contributed by atoms with Crippen LogP contribution in [0.4, 0.5) is 5.69 Å². The number of carbonyl (C=O) groups excluding carboxylic acids is 2. The number of nitrogens with zero attached hydrogens (tertiary/aromatic N) is 1. The van der Waals surface area contributed by atoms with Crippen molar-refractivity contribution in [2.45, 2.75) is 26.2 Å². The van der Waals surface area contributed by atoms with E-state index in [2.05, 4.69) is 24.1 Å². The van der Waals surface area contributed by atoms with Gasteiger partial charge in [0.25, 0.3) is 5.91 Å². The first-order chi connectivity index (χ1) is 17.9. The Labute approximate surface area is 221 Å². The zero-order valence-electron chi connectivity index (χ0n) is 21.8. The van der Waals surface area contributed by atoms with Crippen molar-refractivity contribution in [2.24, 2.45) is 23.5 Å². The molecule has 3 aliphatic carbocycles. The van der Waals surface area contributed by atoms with E-state index in [4.69, 9.17) is 5.73 Å². The van der Waals surface area contributed by atoms with Crippen LogP contribution < -0.4 is 10.6 Å². The van der Waals surface area contributed by atoms with Gasteiger partial charge in [-0.15, -0.1) is 0 Å². The van der Waals surface area contributed by atoms with Gasteiger partial charge in [0.2, 0.25) is 0 Å². The molecule has 1 amide bonds. The first kappa shape index (κ1) is 25.4. The van der Waals surface area contributed by atoms with Crippen LogP contribution in [0.25, 0.3) is 22.5 Å². The minimum Gasteiger partial charge on any atom is -0.511 e. The smallest absolute Gasteiger partial charge is 0.255 e. The third-order valence-corrected chi connectivity index (χ3v) is 8.32. The third kappa shape index (κ3) is 3.72. The molecular formula is C31H32N2O5. The minimum atomic E-state index is -0.981. The van der Waals surface area contributed by atoms with Crippen molar-refractivity contribution < 1.29 is 24.9 Å². The van der Waals surface area contributed by atoms with Gasteiger partial charge >= 0.3 is 0 Å². The Bertz CT molecular complexity index is 1490. The van der Waals surface area contributed by atoms with Crippen LogP contribution >= 0.6 is 0 Å². The summed E-state index contributed by atoms with van der Waals surface area (Å²) in [7, 11) is 3.98. The van der Waals surface area contributed by atoms with E-state index in [0.717, 1.165) is 33.5 Å². The number of benzene rings is 2. The maximum Gasteiger partial charge on any atom is 0.255 e. The Morgan fingerprint density at radius 1 is 1.13 bits per heavy atom. The summed E-state index contributed by atoms with van der Waals surface area (Å²) in [6, 6.07) is 9.67. The molecule has 5 rings (SSSR count). The number of aliphatic hydroxyl groups excluding tert-OH is 3. The Kier molecular flexibility index (Phi) is 5.97. The summed E-state index contributed by atoms with van der Waals surface area (Å²) < 4.78 is 0. The number of ketones is 1. The van der Waals surface area contributed by atoms with Crippen LogP contribution in [-0.2, 0) is 16.0 Å². The summed E-state index contributed by atoms with van der Waals surface area (Å²) in [6.07, 6.45) is 1.34. The van der Waals surface area contributed by atoms with Crippen LogP contribution in [0.5, 0.6) is 0 Å². The monoisotopic (exact) mass is 512 g/mol. The molecule has 0 heterocycles. The molecule has 0 radical (unpaired) electrons. The van der Waals surface area contributed by atoms with Crippen LogP contribution in [0.2, 0.25) is 0 Å². The van der Waals surface area contributed by atoms with Gasteiger partial charge in [0.1, 0.15) is 22.9 Å². The quantitative estimate of drug-likeness (QED) is 0.331. The molecular weight excluding hydrogens is 480 g/mol. The van der Waals surface area contributed by atoms with Crippen LogP contribution in [0, 0.1) is 24.7 Å². The van der Waals surface area contributed by atoms with Crippen molar-refractivity contribution in [1.82, 2.24) is 0 Å². The van der Waals surface area contributed by atoms with Crippen molar-refractivity contribution in [1.29, 1.82) is 0 Å². The molecule has 0 aromatic heterocycles. The minimum absolute atomic E-state index is 0.00467. The third-order valence-electron chi connectivity index (χ3n) is 8.32. The molecule has 3 unspecified atom stereocenters. The molecule has 0 bridgehead atoms. The SMILES string of the molecule is C=C(O)c1ccc(-c2cc(N(C)C)c3c(c2C)C(=C)C2=C(O)C4C(=O)C(C(N)=O)=C(O)CC4CC2C3)cc1. The van der Waals surface area contributed by atoms with Crippen molar-refractivity contribution in [3.8, 4) is 11.1 Å². The van der Waals surface area contributed by atoms with Gasteiger partial charge in [-0.05, 0) is 71.1 Å². The number of allylic oxidation sites excluding steroid dienone is 4. The van der Waals surface area contributed by atoms with Crippen LogP contribution in [0.1, 0.15) is 35.1 Å². The zero-order valence-corrected chi connectivity index (χ0v) is 21.8. The number of aliphatic hydroxyl groups is 3. The topological polar surface area (TPSA) is 124 Å². The average molecular weight is 513 g/mol. The highest BCUT2D eigenvalue weighted by Crippen LogP contribution is 2.54. The Balaban J connectivity index is 1.67. The van der Waals surface area contributed by atoms with Crippen LogP contribution in [0.15, 0.2) is 66.2 Å². The number of Topliss-reactive ketones (excluding diaryl/α,β-unsaturated/α-hetero) is 1. The van der Waals surface area contributed by atoms with E-state index < -0.39 is 23.2 Å². The first-order valence-corrected chi connectivity index (χ1v) is 12.6. The van der Waals surface area contributed by atoms with Gasteiger partial charge in [0.15, 0.2) is 5.78 Å². The number of nitrogens with two attached hydrogens (primary N) is 1.